The molecule has 0 spiro atoms. The Balaban J connectivity index is 1.67. The Morgan fingerprint density at radius 2 is 1.55 bits per heavy atom. The van der Waals surface area contributed by atoms with Gasteiger partial charge < -0.3 is 0 Å². The molecule has 0 heterocycles. The van der Waals surface area contributed by atoms with E-state index in [2.05, 4.69) is 74.0 Å². The molecule has 0 saturated heterocycles. The fourth-order valence-corrected chi connectivity index (χ4v) is 2.68. The summed E-state index contributed by atoms with van der Waals surface area (Å²) >= 11 is 0. The molecule has 0 fully saturated rings. The van der Waals surface area contributed by atoms with Gasteiger partial charge in [-0.1, -0.05) is 67.6 Å². The largest absolute Gasteiger partial charge is 0.0648 e. The van der Waals surface area contributed by atoms with Gasteiger partial charge in [0.2, 0.25) is 0 Å². The number of hydrogen-bond acceptors (Lipinski definition) is 0. The highest BCUT2D eigenvalue weighted by molar-refractivity contribution is 5.19. The highest BCUT2D eigenvalue weighted by Gasteiger charge is 2.08. The molecular weight excluding hydrogens is 240 g/mol. The van der Waals surface area contributed by atoms with Gasteiger partial charge >= 0.3 is 0 Å². The molecule has 1 atom stereocenters. The summed E-state index contributed by atoms with van der Waals surface area (Å²) in [6.07, 6.45) is 8.57. The Morgan fingerprint density at radius 3 is 2.20 bits per heavy atom. The van der Waals surface area contributed by atoms with Gasteiger partial charge in [0.05, 0.1) is 0 Å². The van der Waals surface area contributed by atoms with E-state index < -0.39 is 0 Å². The van der Waals surface area contributed by atoms with E-state index in [9.17, 15) is 0 Å². The Bertz CT molecular complexity index is 458. The van der Waals surface area contributed by atoms with E-state index in [0.717, 1.165) is 0 Å². The Labute approximate surface area is 123 Å². The van der Waals surface area contributed by atoms with Crippen LogP contribution in [0.5, 0.6) is 0 Å². The van der Waals surface area contributed by atoms with Crippen LogP contribution in [0.15, 0.2) is 60.7 Å². The van der Waals surface area contributed by atoms with Gasteiger partial charge in [0.1, 0.15) is 0 Å². The Kier molecular flexibility index (Phi) is 6.37. The number of aryl methyl sites for hydroxylation is 1. The molecule has 2 aromatic carbocycles. The van der Waals surface area contributed by atoms with Crippen molar-refractivity contribution < 1.29 is 0 Å². The summed E-state index contributed by atoms with van der Waals surface area (Å²) < 4.78 is 0. The minimum Gasteiger partial charge on any atom is -0.0648 e. The lowest BCUT2D eigenvalue weighted by Gasteiger charge is -2.14. The predicted molar refractivity (Wildman–Crippen MR) is 87.8 cm³/mol. The lowest BCUT2D eigenvalue weighted by molar-refractivity contribution is 0.626. The first-order valence-electron chi connectivity index (χ1n) is 7.80. The monoisotopic (exact) mass is 265 g/mol. The van der Waals surface area contributed by atoms with Gasteiger partial charge in [-0.25, -0.2) is 0 Å². The van der Waals surface area contributed by atoms with Crippen molar-refractivity contribution in [2.75, 3.05) is 0 Å². The molecule has 0 nitrogen and oxygen atoms in total. The van der Waals surface area contributed by atoms with E-state index in [0.29, 0.717) is 5.92 Å². The molecule has 20 heavy (non-hydrogen) atoms. The summed E-state index contributed by atoms with van der Waals surface area (Å²) in [5, 5.41) is 0. The Morgan fingerprint density at radius 1 is 0.900 bits per heavy atom. The molecule has 0 aliphatic rings. The number of unbranched alkanes of at least 4 members (excludes halogenated alkanes) is 2. The van der Waals surface area contributed by atoms with Crippen LogP contribution in [0.4, 0.5) is 0 Å². The van der Waals surface area contributed by atoms with Crippen molar-refractivity contribution in [1.29, 1.82) is 0 Å². The van der Waals surface area contributed by atoms with E-state index >= 15 is 0 Å². The maximum Gasteiger partial charge on any atom is -0.0162 e. The van der Waals surface area contributed by atoms with Crippen molar-refractivity contribution in [3.8, 4) is 0 Å². The van der Waals surface area contributed by atoms with Crippen molar-refractivity contribution in [2.45, 2.75) is 44.9 Å². The van der Waals surface area contributed by atoms with Gasteiger partial charge in [-0.15, -0.1) is 0 Å². The first-order valence-corrected chi connectivity index (χ1v) is 7.80. The van der Waals surface area contributed by atoms with Crippen LogP contribution in [0.25, 0.3) is 0 Å². The van der Waals surface area contributed by atoms with Gasteiger partial charge in [0.25, 0.3) is 0 Å². The summed E-state index contributed by atoms with van der Waals surface area (Å²) in [6.45, 7) is 2.29. The number of hydrogen-bond donors (Lipinski definition) is 0. The highest BCUT2D eigenvalue weighted by atomic mass is 14.1. The highest BCUT2D eigenvalue weighted by Crippen LogP contribution is 2.25. The molecule has 105 valence electrons. The summed E-state index contributed by atoms with van der Waals surface area (Å²) in [5.41, 5.74) is 2.94. The summed E-state index contributed by atoms with van der Waals surface area (Å²) in [6, 6.07) is 21.7. The zero-order valence-electron chi connectivity index (χ0n) is 12.5. The quantitative estimate of drug-likeness (QED) is 0.529. The molecule has 0 amide bonds. The fourth-order valence-electron chi connectivity index (χ4n) is 2.68. The second kappa shape index (κ2) is 8.58. The van der Waals surface area contributed by atoms with Gasteiger partial charge in [-0.2, -0.15) is 0 Å². The van der Waals surface area contributed by atoms with Gasteiger partial charge in [-0.3, -0.25) is 0 Å². The SMILES string of the molecule is CC[C@H](C[CH]CCCc1ccccc1)c1ccccc1. The standard InChI is InChI=1S/C20H25/c1-2-19(20-16-10-5-11-17-20)15-9-4-8-14-18-12-6-3-7-13-18/h3,5-7,9-13,16-17,19H,2,4,8,14-15H2,1H3/t19-/m1/s1. The molecule has 0 saturated carbocycles. The normalized spacial score (nSPS) is 12.2. The van der Waals surface area contributed by atoms with Crippen LogP contribution in [-0.4, -0.2) is 0 Å². The van der Waals surface area contributed by atoms with Gasteiger partial charge in [0, 0.05) is 0 Å². The third-order valence-corrected chi connectivity index (χ3v) is 3.93. The van der Waals surface area contributed by atoms with E-state index in [4.69, 9.17) is 0 Å². The maximum absolute atomic E-state index is 2.48. The molecule has 0 unspecified atom stereocenters. The van der Waals surface area contributed by atoms with Crippen molar-refractivity contribution in [3.05, 3.63) is 78.2 Å². The molecule has 0 aliphatic heterocycles. The smallest absolute Gasteiger partial charge is 0.0162 e. The molecule has 2 rings (SSSR count). The van der Waals surface area contributed by atoms with Crippen LogP contribution in [0, 0.1) is 6.42 Å². The van der Waals surface area contributed by atoms with E-state index in [1.54, 1.807) is 0 Å². The molecule has 0 aliphatic carbocycles. The summed E-state index contributed by atoms with van der Waals surface area (Å²) in [4.78, 5) is 0. The van der Waals surface area contributed by atoms with E-state index in [1.807, 2.05) is 0 Å². The minimum absolute atomic E-state index is 0.688. The molecule has 0 N–H and O–H groups in total. The van der Waals surface area contributed by atoms with Crippen LogP contribution in [0.1, 0.15) is 49.7 Å². The molecular formula is C20H25. The third kappa shape index (κ3) is 4.85. The zero-order valence-corrected chi connectivity index (χ0v) is 12.5. The maximum atomic E-state index is 2.48. The lowest BCUT2D eigenvalue weighted by atomic mass is 9.91. The zero-order chi connectivity index (χ0) is 14.0. The second-order valence-electron chi connectivity index (χ2n) is 5.42. The van der Waals surface area contributed by atoms with Crippen LogP contribution in [0.2, 0.25) is 0 Å². The second-order valence-corrected chi connectivity index (χ2v) is 5.42. The van der Waals surface area contributed by atoms with Gasteiger partial charge in [-0.05, 0) is 55.6 Å². The van der Waals surface area contributed by atoms with E-state index in [1.165, 1.54) is 43.2 Å². The molecule has 0 bridgehead atoms. The minimum atomic E-state index is 0.688. The van der Waals surface area contributed by atoms with E-state index in [-0.39, 0.29) is 0 Å². The summed E-state index contributed by atoms with van der Waals surface area (Å²) in [5.74, 6) is 0.688. The van der Waals surface area contributed by atoms with Gasteiger partial charge in [0.15, 0.2) is 0 Å². The van der Waals surface area contributed by atoms with Crippen molar-refractivity contribution in [1.82, 2.24) is 0 Å². The first-order chi connectivity index (χ1) is 9.90. The predicted octanol–water partition coefficient (Wildman–Crippen LogP) is 5.80. The Hall–Kier alpha value is -1.56. The van der Waals surface area contributed by atoms with Crippen LogP contribution in [0.3, 0.4) is 0 Å². The van der Waals surface area contributed by atoms with Crippen LogP contribution >= 0.6 is 0 Å². The molecule has 1 radical (unpaired) electrons. The third-order valence-electron chi connectivity index (χ3n) is 3.93. The average Bonchev–Trinajstić information content (AvgIpc) is 2.53. The van der Waals surface area contributed by atoms with Crippen molar-refractivity contribution >= 4 is 0 Å². The number of benzene rings is 2. The summed E-state index contributed by atoms with van der Waals surface area (Å²) in [7, 11) is 0. The molecule has 0 aromatic heterocycles. The van der Waals surface area contributed by atoms with Crippen LogP contribution < -0.4 is 0 Å². The topological polar surface area (TPSA) is 0 Å². The molecule has 2 aromatic rings. The van der Waals surface area contributed by atoms with Crippen LogP contribution in [-0.2, 0) is 6.42 Å². The van der Waals surface area contributed by atoms with Crippen molar-refractivity contribution in [3.63, 3.8) is 0 Å². The fraction of sp³-hybridized carbons (Fsp3) is 0.350. The average molecular weight is 265 g/mol. The number of rotatable bonds is 8. The van der Waals surface area contributed by atoms with Crippen molar-refractivity contribution in [2.24, 2.45) is 0 Å². The molecule has 0 heteroatoms. The lowest BCUT2D eigenvalue weighted by Crippen LogP contribution is -1.98. The first kappa shape index (κ1) is 14.8.